The molecule has 2 rings (SSSR count). The van der Waals surface area contributed by atoms with E-state index >= 15 is 0 Å². The molecule has 0 fully saturated rings. The molecule has 5 nitrogen and oxygen atoms in total. The van der Waals surface area contributed by atoms with Crippen LogP contribution in [0, 0.1) is 19.3 Å². The molecule has 0 radical (unpaired) electrons. The second-order valence-corrected chi connectivity index (χ2v) is 5.96. The number of hydrogen-bond acceptors (Lipinski definition) is 4. The van der Waals surface area contributed by atoms with E-state index in [0.29, 0.717) is 10.6 Å². The zero-order valence-electron chi connectivity index (χ0n) is 11.4. The van der Waals surface area contributed by atoms with E-state index in [0.717, 1.165) is 15.9 Å². The Bertz CT molecular complexity index is 702. The molecule has 0 saturated carbocycles. The summed E-state index contributed by atoms with van der Waals surface area (Å²) in [6.07, 6.45) is 5.37. The van der Waals surface area contributed by atoms with Crippen LogP contribution in [0.5, 0.6) is 0 Å². The molecule has 19 heavy (non-hydrogen) atoms. The molecule has 2 aromatic rings. The number of nitrogens with one attached hydrogen (secondary N) is 1. The van der Waals surface area contributed by atoms with E-state index < -0.39 is 5.54 Å². The first-order chi connectivity index (χ1) is 8.76. The van der Waals surface area contributed by atoms with Crippen molar-refractivity contribution in [3.05, 3.63) is 10.6 Å². The quantitative estimate of drug-likeness (QED) is 0.819. The summed E-state index contributed by atoms with van der Waals surface area (Å²) in [7, 11) is 1.83. The number of nitrogens with two attached hydrogens (primary N) is 1. The molecule has 0 bridgehead atoms. The van der Waals surface area contributed by atoms with Gasteiger partial charge in [-0.3, -0.25) is 9.48 Å². The van der Waals surface area contributed by atoms with Gasteiger partial charge in [-0.15, -0.1) is 17.8 Å². The number of rotatable bonds is 2. The summed E-state index contributed by atoms with van der Waals surface area (Å²) in [4.78, 5) is 13.6. The van der Waals surface area contributed by atoms with Gasteiger partial charge in [0.05, 0.1) is 22.3 Å². The molecule has 0 aliphatic rings. The van der Waals surface area contributed by atoms with Crippen LogP contribution in [0.2, 0.25) is 0 Å². The van der Waals surface area contributed by atoms with Crippen LogP contribution in [0.25, 0.3) is 10.2 Å². The van der Waals surface area contributed by atoms with Crippen molar-refractivity contribution in [2.75, 3.05) is 5.73 Å². The molecule has 2 heterocycles. The second-order valence-electron chi connectivity index (χ2n) is 4.96. The van der Waals surface area contributed by atoms with Crippen LogP contribution < -0.4 is 11.1 Å². The molecule has 100 valence electrons. The van der Waals surface area contributed by atoms with Crippen molar-refractivity contribution >= 4 is 33.1 Å². The lowest BCUT2D eigenvalue weighted by Gasteiger charge is -2.19. The van der Waals surface area contributed by atoms with Crippen LogP contribution in [0.15, 0.2) is 0 Å². The highest BCUT2D eigenvalue weighted by Crippen LogP contribution is 2.35. The molecule has 0 spiro atoms. The monoisotopic (exact) mass is 276 g/mol. The van der Waals surface area contributed by atoms with Crippen LogP contribution in [-0.2, 0) is 7.05 Å². The lowest BCUT2D eigenvalue weighted by molar-refractivity contribution is 0.0935. The number of carbonyl (C=O) groups excluding carboxylic acids is 1. The van der Waals surface area contributed by atoms with Gasteiger partial charge < -0.3 is 11.1 Å². The molecule has 3 N–H and O–H groups in total. The Hall–Kier alpha value is -2.00. The number of anilines is 1. The number of hydrogen-bond donors (Lipinski definition) is 2. The normalized spacial score (nSPS) is 11.5. The van der Waals surface area contributed by atoms with Gasteiger partial charge in [0, 0.05) is 7.05 Å². The Kier molecular flexibility index (Phi) is 3.03. The Balaban J connectivity index is 2.47. The number of aryl methyl sites for hydroxylation is 2. The first kappa shape index (κ1) is 13.4. The molecular weight excluding hydrogens is 260 g/mol. The lowest BCUT2D eigenvalue weighted by atomic mass is 10.1. The summed E-state index contributed by atoms with van der Waals surface area (Å²) in [5.74, 6) is 2.28. The van der Waals surface area contributed by atoms with Crippen molar-refractivity contribution in [1.82, 2.24) is 15.1 Å². The number of terminal acetylenes is 1. The number of amides is 1. The maximum absolute atomic E-state index is 12.2. The molecule has 0 unspecified atom stereocenters. The van der Waals surface area contributed by atoms with Crippen molar-refractivity contribution in [1.29, 1.82) is 0 Å². The fourth-order valence-corrected chi connectivity index (χ4v) is 2.96. The highest BCUT2D eigenvalue weighted by atomic mass is 32.1. The van der Waals surface area contributed by atoms with Crippen LogP contribution >= 0.6 is 11.3 Å². The van der Waals surface area contributed by atoms with Crippen molar-refractivity contribution in [3.8, 4) is 12.3 Å². The standard InChI is InChI=1S/C13H16N4OS/c1-6-13(3,4)15-11(18)10-9(14)8-7(2)16-17(5)12(8)19-10/h1H,14H2,2-5H3,(H,15,18). The van der Waals surface area contributed by atoms with Gasteiger partial charge in [-0.1, -0.05) is 5.92 Å². The van der Waals surface area contributed by atoms with Gasteiger partial charge in [0.1, 0.15) is 9.71 Å². The summed E-state index contributed by atoms with van der Waals surface area (Å²) in [6, 6.07) is 0. The third-order valence-electron chi connectivity index (χ3n) is 2.88. The van der Waals surface area contributed by atoms with E-state index in [4.69, 9.17) is 12.2 Å². The average molecular weight is 276 g/mol. The Morgan fingerprint density at radius 1 is 1.58 bits per heavy atom. The number of fused-ring (bicyclic) bond motifs is 1. The minimum atomic E-state index is -0.701. The Morgan fingerprint density at radius 2 is 2.21 bits per heavy atom. The van der Waals surface area contributed by atoms with Crippen LogP contribution in [-0.4, -0.2) is 21.2 Å². The predicted octanol–water partition coefficient (Wildman–Crippen LogP) is 1.67. The number of thiophene rings is 1. The fourth-order valence-electron chi connectivity index (χ4n) is 1.87. The topological polar surface area (TPSA) is 72.9 Å². The molecule has 0 aliphatic carbocycles. The molecule has 0 aromatic carbocycles. The zero-order chi connectivity index (χ0) is 14.4. The largest absolute Gasteiger partial charge is 0.397 e. The van der Waals surface area contributed by atoms with E-state index in [9.17, 15) is 4.79 Å². The minimum Gasteiger partial charge on any atom is -0.397 e. The van der Waals surface area contributed by atoms with Crippen molar-refractivity contribution < 1.29 is 4.79 Å². The summed E-state index contributed by atoms with van der Waals surface area (Å²) in [6.45, 7) is 5.40. The highest BCUT2D eigenvalue weighted by molar-refractivity contribution is 7.21. The highest BCUT2D eigenvalue weighted by Gasteiger charge is 2.24. The molecular formula is C13H16N4OS. The Labute approximate surface area is 115 Å². The molecule has 2 aromatic heterocycles. The minimum absolute atomic E-state index is 0.249. The lowest BCUT2D eigenvalue weighted by Crippen LogP contribution is -2.41. The van der Waals surface area contributed by atoms with Gasteiger partial charge in [0.15, 0.2) is 0 Å². The zero-order valence-corrected chi connectivity index (χ0v) is 12.2. The third-order valence-corrected chi connectivity index (χ3v) is 4.15. The van der Waals surface area contributed by atoms with E-state index in [1.54, 1.807) is 18.5 Å². The Morgan fingerprint density at radius 3 is 2.74 bits per heavy atom. The first-order valence-electron chi connectivity index (χ1n) is 5.78. The van der Waals surface area contributed by atoms with Crippen molar-refractivity contribution in [3.63, 3.8) is 0 Å². The summed E-state index contributed by atoms with van der Waals surface area (Å²) in [5.41, 5.74) is 6.65. The van der Waals surface area contributed by atoms with E-state index in [1.165, 1.54) is 11.3 Å². The van der Waals surface area contributed by atoms with Crippen molar-refractivity contribution in [2.24, 2.45) is 7.05 Å². The van der Waals surface area contributed by atoms with E-state index in [-0.39, 0.29) is 5.91 Å². The van der Waals surface area contributed by atoms with Gasteiger partial charge >= 0.3 is 0 Å². The van der Waals surface area contributed by atoms with E-state index in [2.05, 4.69) is 16.3 Å². The van der Waals surface area contributed by atoms with Crippen LogP contribution in [0.1, 0.15) is 29.2 Å². The average Bonchev–Trinajstić information content (AvgIpc) is 2.79. The van der Waals surface area contributed by atoms with Gasteiger partial charge in [-0.2, -0.15) is 5.10 Å². The smallest absolute Gasteiger partial charge is 0.264 e. The number of nitrogens with zero attached hydrogens (tertiary/aromatic N) is 2. The van der Waals surface area contributed by atoms with Crippen LogP contribution in [0.4, 0.5) is 5.69 Å². The SMILES string of the molecule is C#CC(C)(C)NC(=O)c1sc2c(c(C)nn2C)c1N. The number of carbonyl (C=O) groups is 1. The fraction of sp³-hybridized carbons (Fsp3) is 0.385. The van der Waals surface area contributed by atoms with Gasteiger partial charge in [-0.05, 0) is 20.8 Å². The molecule has 6 heteroatoms. The maximum Gasteiger partial charge on any atom is 0.264 e. The summed E-state index contributed by atoms with van der Waals surface area (Å²) in [5, 5.41) is 7.91. The second kappa shape index (κ2) is 4.28. The molecule has 0 atom stereocenters. The van der Waals surface area contributed by atoms with Gasteiger partial charge in [-0.25, -0.2) is 0 Å². The number of nitrogen functional groups attached to an aromatic ring is 1. The number of aromatic nitrogens is 2. The van der Waals surface area contributed by atoms with E-state index in [1.807, 2.05) is 14.0 Å². The van der Waals surface area contributed by atoms with Crippen LogP contribution in [0.3, 0.4) is 0 Å². The third kappa shape index (κ3) is 2.17. The molecule has 1 amide bonds. The predicted molar refractivity (Wildman–Crippen MR) is 78.1 cm³/mol. The molecule has 0 saturated heterocycles. The first-order valence-corrected chi connectivity index (χ1v) is 6.60. The maximum atomic E-state index is 12.2. The van der Waals surface area contributed by atoms with Crippen molar-refractivity contribution in [2.45, 2.75) is 26.3 Å². The van der Waals surface area contributed by atoms with Gasteiger partial charge in [0.25, 0.3) is 5.91 Å². The van der Waals surface area contributed by atoms with Gasteiger partial charge in [0.2, 0.25) is 0 Å². The summed E-state index contributed by atoms with van der Waals surface area (Å²) >= 11 is 1.33. The summed E-state index contributed by atoms with van der Waals surface area (Å²) < 4.78 is 1.73. The molecule has 0 aliphatic heterocycles.